The minimum Gasteiger partial charge on any atom is -0.469 e. The van der Waals surface area contributed by atoms with Crippen molar-refractivity contribution in [3.05, 3.63) is 22.5 Å². The fourth-order valence-corrected chi connectivity index (χ4v) is 1.30. The third-order valence-corrected chi connectivity index (χ3v) is 2.19. The van der Waals surface area contributed by atoms with Gasteiger partial charge >= 0.3 is 5.97 Å². The number of halogens is 3. The zero-order valence-electron chi connectivity index (χ0n) is 8.34. The first kappa shape index (κ1) is 12.6. The quantitative estimate of drug-likeness (QED) is 0.658. The molecule has 0 aliphatic heterocycles. The summed E-state index contributed by atoms with van der Waals surface area (Å²) < 4.78 is 29.2. The van der Waals surface area contributed by atoms with E-state index in [1.807, 2.05) is 0 Å². The van der Waals surface area contributed by atoms with Crippen molar-refractivity contribution in [2.75, 3.05) is 12.8 Å². The second-order valence-electron chi connectivity index (χ2n) is 2.96. The van der Waals surface area contributed by atoms with Crippen LogP contribution in [0, 0.1) is 0 Å². The Morgan fingerprint density at radius 3 is 2.81 bits per heavy atom. The Morgan fingerprint density at radius 2 is 2.31 bits per heavy atom. The molecule has 4 nitrogen and oxygen atoms in total. The minimum atomic E-state index is -2.77. The number of carbonyl (C=O) groups excluding carboxylic acids is 1. The Hall–Kier alpha value is -1.43. The van der Waals surface area contributed by atoms with E-state index in [2.05, 4.69) is 9.72 Å². The van der Waals surface area contributed by atoms with Gasteiger partial charge in [-0.2, -0.15) is 0 Å². The SMILES string of the molecule is COC(=O)Cc1cc(C(F)F)nc(Cl)c1N. The normalized spacial score (nSPS) is 10.6. The molecule has 0 saturated carbocycles. The lowest BCUT2D eigenvalue weighted by atomic mass is 10.1. The van der Waals surface area contributed by atoms with Crippen molar-refractivity contribution >= 4 is 23.3 Å². The summed E-state index contributed by atoms with van der Waals surface area (Å²) in [5.41, 5.74) is 5.19. The van der Waals surface area contributed by atoms with Crippen LogP contribution in [0.25, 0.3) is 0 Å². The number of alkyl halides is 2. The minimum absolute atomic E-state index is 0.0106. The number of nitrogens with two attached hydrogens (primary N) is 1. The first-order valence-electron chi connectivity index (χ1n) is 4.25. The van der Waals surface area contributed by atoms with Gasteiger partial charge in [0, 0.05) is 0 Å². The number of ether oxygens (including phenoxy) is 1. The highest BCUT2D eigenvalue weighted by Gasteiger charge is 2.16. The van der Waals surface area contributed by atoms with E-state index in [1.54, 1.807) is 0 Å². The van der Waals surface area contributed by atoms with Crippen molar-refractivity contribution in [3.63, 3.8) is 0 Å². The van der Waals surface area contributed by atoms with Crippen molar-refractivity contribution in [1.82, 2.24) is 4.98 Å². The zero-order chi connectivity index (χ0) is 12.3. The van der Waals surface area contributed by atoms with E-state index >= 15 is 0 Å². The van der Waals surface area contributed by atoms with Gasteiger partial charge in [0.05, 0.1) is 19.2 Å². The molecule has 88 valence electrons. The van der Waals surface area contributed by atoms with E-state index < -0.39 is 18.1 Å². The number of nitrogen functional groups attached to an aromatic ring is 1. The summed E-state index contributed by atoms with van der Waals surface area (Å²) in [6.07, 6.45) is -2.99. The van der Waals surface area contributed by atoms with E-state index in [9.17, 15) is 13.6 Å². The predicted molar refractivity (Wildman–Crippen MR) is 54.3 cm³/mol. The molecule has 0 aliphatic rings. The van der Waals surface area contributed by atoms with Gasteiger partial charge in [-0.05, 0) is 11.6 Å². The molecule has 0 spiro atoms. The van der Waals surface area contributed by atoms with Gasteiger partial charge in [0.2, 0.25) is 0 Å². The van der Waals surface area contributed by atoms with Crippen LogP contribution >= 0.6 is 11.6 Å². The summed E-state index contributed by atoms with van der Waals surface area (Å²) in [7, 11) is 1.19. The lowest BCUT2D eigenvalue weighted by Crippen LogP contribution is -2.09. The molecule has 0 unspecified atom stereocenters. The van der Waals surface area contributed by atoms with Crippen LogP contribution in [-0.2, 0) is 16.0 Å². The molecule has 0 atom stereocenters. The van der Waals surface area contributed by atoms with Crippen LogP contribution in [0.5, 0.6) is 0 Å². The predicted octanol–water partition coefficient (Wildman–Crippen LogP) is 1.97. The Labute approximate surface area is 95.4 Å². The second kappa shape index (κ2) is 5.07. The number of nitrogens with zero attached hydrogens (tertiary/aromatic N) is 1. The molecular weight excluding hydrogens is 242 g/mol. The third kappa shape index (κ3) is 2.79. The maximum atomic E-state index is 12.4. The van der Waals surface area contributed by atoms with Crippen LogP contribution in [0.4, 0.5) is 14.5 Å². The average molecular weight is 251 g/mol. The zero-order valence-corrected chi connectivity index (χ0v) is 9.09. The number of esters is 1. The molecule has 0 radical (unpaired) electrons. The molecule has 0 amide bonds. The van der Waals surface area contributed by atoms with Crippen molar-refractivity contribution < 1.29 is 18.3 Å². The molecule has 1 aromatic rings. The first-order valence-corrected chi connectivity index (χ1v) is 4.63. The van der Waals surface area contributed by atoms with E-state index in [0.717, 1.165) is 6.07 Å². The number of hydrogen-bond donors (Lipinski definition) is 1. The van der Waals surface area contributed by atoms with Crippen molar-refractivity contribution in [2.45, 2.75) is 12.8 Å². The van der Waals surface area contributed by atoms with Crippen LogP contribution in [0.1, 0.15) is 17.7 Å². The van der Waals surface area contributed by atoms with Gasteiger partial charge in [0.25, 0.3) is 6.43 Å². The molecular formula is C9H9ClF2N2O2. The van der Waals surface area contributed by atoms with Gasteiger partial charge in [0.1, 0.15) is 5.69 Å². The maximum absolute atomic E-state index is 12.4. The van der Waals surface area contributed by atoms with Crippen LogP contribution in [-0.4, -0.2) is 18.1 Å². The van der Waals surface area contributed by atoms with E-state index in [-0.39, 0.29) is 22.8 Å². The van der Waals surface area contributed by atoms with Crippen LogP contribution in [0.3, 0.4) is 0 Å². The lowest BCUT2D eigenvalue weighted by Gasteiger charge is -2.08. The lowest BCUT2D eigenvalue weighted by molar-refractivity contribution is -0.139. The van der Waals surface area contributed by atoms with E-state index in [0.29, 0.717) is 0 Å². The fraction of sp³-hybridized carbons (Fsp3) is 0.333. The van der Waals surface area contributed by atoms with Crippen LogP contribution in [0.15, 0.2) is 6.07 Å². The molecule has 1 rings (SSSR count). The molecule has 0 saturated heterocycles. The summed E-state index contributed by atoms with van der Waals surface area (Å²) in [4.78, 5) is 14.4. The molecule has 0 bridgehead atoms. The number of hydrogen-bond acceptors (Lipinski definition) is 4. The molecule has 1 heterocycles. The number of rotatable bonds is 3. The molecule has 0 aromatic carbocycles. The van der Waals surface area contributed by atoms with E-state index in [4.69, 9.17) is 17.3 Å². The van der Waals surface area contributed by atoms with Gasteiger partial charge in [-0.1, -0.05) is 11.6 Å². The highest BCUT2D eigenvalue weighted by Crippen LogP contribution is 2.27. The number of methoxy groups -OCH3 is 1. The van der Waals surface area contributed by atoms with Crippen LogP contribution < -0.4 is 5.73 Å². The molecule has 2 N–H and O–H groups in total. The highest BCUT2D eigenvalue weighted by atomic mass is 35.5. The van der Waals surface area contributed by atoms with Crippen molar-refractivity contribution in [3.8, 4) is 0 Å². The average Bonchev–Trinajstić information content (AvgIpc) is 2.23. The Morgan fingerprint density at radius 1 is 1.69 bits per heavy atom. The molecule has 0 aliphatic carbocycles. The highest BCUT2D eigenvalue weighted by molar-refractivity contribution is 6.32. The molecule has 1 aromatic heterocycles. The standard InChI is InChI=1S/C9H9ClF2N2O2/c1-16-6(15)3-4-2-5(9(11)12)14-8(10)7(4)13/h2,9H,3,13H2,1H3. The molecule has 16 heavy (non-hydrogen) atoms. The third-order valence-electron chi connectivity index (χ3n) is 1.90. The largest absolute Gasteiger partial charge is 0.469 e. The van der Waals surface area contributed by atoms with Crippen molar-refractivity contribution in [2.24, 2.45) is 0 Å². The smallest absolute Gasteiger partial charge is 0.310 e. The Kier molecular flexibility index (Phi) is 4.00. The van der Waals surface area contributed by atoms with Gasteiger partial charge in [-0.25, -0.2) is 13.8 Å². The summed E-state index contributed by atoms with van der Waals surface area (Å²) in [6.45, 7) is 0. The monoisotopic (exact) mass is 250 g/mol. The van der Waals surface area contributed by atoms with Gasteiger partial charge in [-0.15, -0.1) is 0 Å². The summed E-state index contributed by atoms with van der Waals surface area (Å²) in [5, 5.41) is -0.239. The van der Waals surface area contributed by atoms with Crippen molar-refractivity contribution in [1.29, 1.82) is 0 Å². The second-order valence-corrected chi connectivity index (χ2v) is 3.32. The van der Waals surface area contributed by atoms with Gasteiger partial charge in [0.15, 0.2) is 5.15 Å². The maximum Gasteiger partial charge on any atom is 0.310 e. The molecule has 7 heteroatoms. The van der Waals surface area contributed by atoms with Gasteiger partial charge < -0.3 is 10.5 Å². The summed E-state index contributed by atoms with van der Waals surface area (Å²) in [6, 6.07) is 1.04. The number of pyridine rings is 1. The number of anilines is 1. The molecule has 0 fully saturated rings. The Balaban J connectivity index is 3.11. The summed E-state index contributed by atoms with van der Waals surface area (Å²) in [5.74, 6) is -0.589. The van der Waals surface area contributed by atoms with Crippen LogP contribution in [0.2, 0.25) is 5.15 Å². The summed E-state index contributed by atoms with van der Waals surface area (Å²) >= 11 is 5.57. The van der Waals surface area contributed by atoms with E-state index in [1.165, 1.54) is 7.11 Å². The topological polar surface area (TPSA) is 65.2 Å². The fourth-order valence-electron chi connectivity index (χ4n) is 1.08. The Bertz CT molecular complexity index is 413. The number of aromatic nitrogens is 1. The van der Waals surface area contributed by atoms with Gasteiger partial charge in [-0.3, -0.25) is 4.79 Å². The first-order chi connectivity index (χ1) is 7.45. The number of carbonyl (C=O) groups is 1.